The molecule has 0 aromatic heterocycles. The van der Waals surface area contributed by atoms with E-state index in [4.69, 9.17) is 5.73 Å². The lowest BCUT2D eigenvalue weighted by Crippen LogP contribution is -2.03. The van der Waals surface area contributed by atoms with Crippen LogP contribution < -0.4 is 10.5 Å². The van der Waals surface area contributed by atoms with Crippen molar-refractivity contribution in [3.8, 4) is 5.75 Å². The van der Waals surface area contributed by atoms with Gasteiger partial charge in [0.1, 0.15) is 5.75 Å². The second-order valence-corrected chi connectivity index (χ2v) is 4.83. The molecule has 2 aromatic carbocycles. The highest BCUT2D eigenvalue weighted by molar-refractivity contribution is 7.98. The van der Waals surface area contributed by atoms with E-state index in [0.717, 1.165) is 10.5 Å². The third kappa shape index (κ3) is 3.86. The van der Waals surface area contributed by atoms with Crippen LogP contribution in [0.5, 0.6) is 5.75 Å². The molecule has 0 atom stereocenters. The van der Waals surface area contributed by atoms with Gasteiger partial charge in [-0.25, -0.2) is 0 Å². The summed E-state index contributed by atoms with van der Waals surface area (Å²) in [5.41, 5.74) is 7.23. The maximum atomic E-state index is 12.3. The van der Waals surface area contributed by atoms with Gasteiger partial charge in [-0.3, -0.25) is 0 Å². The summed E-state index contributed by atoms with van der Waals surface area (Å²) < 4.78 is 29.0. The molecular weight excluding hydrogens is 268 g/mol. The molecule has 5 heteroatoms. The molecule has 0 radical (unpaired) electrons. The first kappa shape index (κ1) is 13.7. The first-order valence-corrected chi connectivity index (χ1v) is 6.65. The Labute approximate surface area is 114 Å². The maximum Gasteiger partial charge on any atom is 0.387 e. The van der Waals surface area contributed by atoms with Gasteiger partial charge in [-0.2, -0.15) is 8.78 Å². The predicted octanol–water partition coefficient (Wildman–Crippen LogP) is 4.16. The number of hydrogen-bond donors (Lipinski definition) is 1. The Bertz CT molecular complexity index is 548. The van der Waals surface area contributed by atoms with Gasteiger partial charge < -0.3 is 10.5 Å². The Kier molecular flexibility index (Phi) is 4.63. The number of anilines is 1. The number of alkyl halides is 2. The van der Waals surface area contributed by atoms with Crippen molar-refractivity contribution in [2.24, 2.45) is 0 Å². The summed E-state index contributed by atoms with van der Waals surface area (Å²) in [6.45, 7) is -2.81. The smallest absolute Gasteiger partial charge is 0.387 e. The number of rotatable bonds is 5. The fraction of sp³-hybridized carbons (Fsp3) is 0.143. The molecule has 0 aliphatic carbocycles. The van der Waals surface area contributed by atoms with Gasteiger partial charge in [-0.05, 0) is 18.2 Å². The maximum absolute atomic E-state index is 12.3. The van der Waals surface area contributed by atoms with E-state index in [0.29, 0.717) is 11.4 Å². The molecular formula is C14H13F2NOS. The van der Waals surface area contributed by atoms with Crippen LogP contribution in [0, 0.1) is 0 Å². The Hall–Kier alpha value is -1.75. The zero-order valence-electron chi connectivity index (χ0n) is 10.1. The van der Waals surface area contributed by atoms with E-state index in [1.807, 2.05) is 24.3 Å². The minimum Gasteiger partial charge on any atom is -0.435 e. The van der Waals surface area contributed by atoms with Crippen molar-refractivity contribution in [1.82, 2.24) is 0 Å². The molecule has 0 aliphatic rings. The van der Waals surface area contributed by atoms with E-state index in [9.17, 15) is 8.78 Å². The Morgan fingerprint density at radius 3 is 2.47 bits per heavy atom. The average molecular weight is 281 g/mol. The van der Waals surface area contributed by atoms with E-state index in [1.165, 1.54) is 17.8 Å². The van der Waals surface area contributed by atoms with Crippen molar-refractivity contribution >= 4 is 17.4 Å². The summed E-state index contributed by atoms with van der Waals surface area (Å²) in [7, 11) is 0. The SMILES string of the molecule is Nc1ccccc1SCc1ccccc1OC(F)F. The Balaban J connectivity index is 2.09. The highest BCUT2D eigenvalue weighted by atomic mass is 32.2. The molecule has 0 heterocycles. The van der Waals surface area contributed by atoms with Crippen molar-refractivity contribution in [2.75, 3.05) is 5.73 Å². The van der Waals surface area contributed by atoms with Crippen LogP contribution in [0.1, 0.15) is 5.56 Å². The van der Waals surface area contributed by atoms with Crippen LogP contribution in [0.15, 0.2) is 53.4 Å². The minimum absolute atomic E-state index is 0.208. The minimum atomic E-state index is -2.81. The second-order valence-electron chi connectivity index (χ2n) is 3.81. The summed E-state index contributed by atoms with van der Waals surface area (Å²) in [6, 6.07) is 14.2. The molecule has 2 nitrogen and oxygen atoms in total. The largest absolute Gasteiger partial charge is 0.435 e. The Morgan fingerprint density at radius 2 is 1.74 bits per heavy atom. The molecule has 0 saturated heterocycles. The van der Waals surface area contributed by atoms with Gasteiger partial charge in [-0.15, -0.1) is 11.8 Å². The molecule has 19 heavy (non-hydrogen) atoms. The van der Waals surface area contributed by atoms with Crippen LogP contribution in [-0.4, -0.2) is 6.61 Å². The number of ether oxygens (including phenoxy) is 1. The number of nitrogen functional groups attached to an aromatic ring is 1. The molecule has 2 aromatic rings. The molecule has 0 saturated carbocycles. The van der Waals surface area contributed by atoms with Gasteiger partial charge in [0, 0.05) is 21.9 Å². The summed E-state index contributed by atoms with van der Waals surface area (Å²) in [6.07, 6.45) is 0. The van der Waals surface area contributed by atoms with Crippen molar-refractivity contribution in [1.29, 1.82) is 0 Å². The Morgan fingerprint density at radius 1 is 1.05 bits per heavy atom. The fourth-order valence-corrected chi connectivity index (χ4v) is 2.56. The second kappa shape index (κ2) is 6.43. The van der Waals surface area contributed by atoms with E-state index >= 15 is 0 Å². The molecule has 0 spiro atoms. The number of benzene rings is 2. The van der Waals surface area contributed by atoms with Gasteiger partial charge in [0.05, 0.1) is 0 Å². The van der Waals surface area contributed by atoms with Gasteiger partial charge in [0.2, 0.25) is 0 Å². The summed E-state index contributed by atoms with van der Waals surface area (Å²) in [5, 5.41) is 0. The summed E-state index contributed by atoms with van der Waals surface area (Å²) in [5.74, 6) is 0.733. The van der Waals surface area contributed by atoms with Crippen LogP contribution in [0.4, 0.5) is 14.5 Å². The molecule has 0 bridgehead atoms. The van der Waals surface area contributed by atoms with Crippen molar-refractivity contribution < 1.29 is 13.5 Å². The molecule has 0 amide bonds. The number of nitrogens with two attached hydrogens (primary N) is 1. The lowest BCUT2D eigenvalue weighted by atomic mass is 10.2. The van der Waals surface area contributed by atoms with E-state index in [-0.39, 0.29) is 5.75 Å². The standard InChI is InChI=1S/C14H13F2NOS/c15-14(16)18-12-7-3-1-5-10(12)9-19-13-8-4-2-6-11(13)17/h1-8,14H,9,17H2. The van der Waals surface area contributed by atoms with E-state index < -0.39 is 6.61 Å². The normalized spacial score (nSPS) is 10.7. The van der Waals surface area contributed by atoms with Crippen molar-refractivity contribution in [3.63, 3.8) is 0 Å². The first-order chi connectivity index (χ1) is 9.16. The average Bonchev–Trinajstić information content (AvgIpc) is 2.39. The zero-order valence-corrected chi connectivity index (χ0v) is 10.9. The van der Waals surface area contributed by atoms with E-state index in [2.05, 4.69) is 4.74 Å². The van der Waals surface area contributed by atoms with Crippen LogP contribution >= 0.6 is 11.8 Å². The first-order valence-electron chi connectivity index (χ1n) is 5.67. The number of hydrogen-bond acceptors (Lipinski definition) is 3. The number of para-hydroxylation sites is 2. The molecule has 0 unspecified atom stereocenters. The summed E-state index contributed by atoms with van der Waals surface area (Å²) in [4.78, 5) is 0.925. The summed E-state index contributed by atoms with van der Waals surface area (Å²) >= 11 is 1.49. The molecule has 0 fully saturated rings. The third-order valence-electron chi connectivity index (χ3n) is 2.49. The van der Waals surface area contributed by atoms with Crippen molar-refractivity contribution in [2.45, 2.75) is 17.3 Å². The van der Waals surface area contributed by atoms with Gasteiger partial charge in [0.25, 0.3) is 0 Å². The number of thioether (sulfide) groups is 1. The fourth-order valence-electron chi connectivity index (χ4n) is 1.60. The molecule has 0 aliphatic heterocycles. The molecule has 2 rings (SSSR count). The molecule has 2 N–H and O–H groups in total. The van der Waals surface area contributed by atoms with Gasteiger partial charge in [0.15, 0.2) is 0 Å². The van der Waals surface area contributed by atoms with Crippen LogP contribution in [-0.2, 0) is 5.75 Å². The highest BCUT2D eigenvalue weighted by Crippen LogP contribution is 2.31. The van der Waals surface area contributed by atoms with Crippen LogP contribution in [0.25, 0.3) is 0 Å². The van der Waals surface area contributed by atoms with Gasteiger partial charge >= 0.3 is 6.61 Å². The van der Waals surface area contributed by atoms with Crippen molar-refractivity contribution in [3.05, 3.63) is 54.1 Å². The quantitative estimate of drug-likeness (QED) is 0.660. The van der Waals surface area contributed by atoms with Crippen LogP contribution in [0.2, 0.25) is 0 Å². The van der Waals surface area contributed by atoms with Crippen LogP contribution in [0.3, 0.4) is 0 Å². The monoisotopic (exact) mass is 281 g/mol. The predicted molar refractivity (Wildman–Crippen MR) is 73.5 cm³/mol. The third-order valence-corrected chi connectivity index (χ3v) is 3.63. The lowest BCUT2D eigenvalue weighted by Gasteiger charge is -2.10. The topological polar surface area (TPSA) is 35.2 Å². The lowest BCUT2D eigenvalue weighted by molar-refractivity contribution is -0.0503. The van der Waals surface area contributed by atoms with E-state index in [1.54, 1.807) is 18.2 Å². The van der Waals surface area contributed by atoms with Gasteiger partial charge in [-0.1, -0.05) is 30.3 Å². The number of halogens is 2. The zero-order chi connectivity index (χ0) is 13.7. The molecule has 100 valence electrons. The highest BCUT2D eigenvalue weighted by Gasteiger charge is 2.09.